The molecule has 23 heavy (non-hydrogen) atoms. The van der Waals surface area contributed by atoms with Crippen molar-refractivity contribution in [2.45, 2.75) is 32.1 Å². The van der Waals surface area contributed by atoms with E-state index in [-0.39, 0.29) is 11.5 Å². The molecule has 4 rings (SSSR count). The molecule has 120 valence electrons. The van der Waals surface area contributed by atoms with Gasteiger partial charge in [-0.1, -0.05) is 37.5 Å². The molecule has 2 fully saturated rings. The number of hydrogen-bond acceptors (Lipinski definition) is 3. The topological polar surface area (TPSA) is 66.1 Å². The molecule has 2 aromatic rings. The van der Waals surface area contributed by atoms with Gasteiger partial charge in [0.25, 0.3) is 11.5 Å². The quantitative estimate of drug-likeness (QED) is 0.880. The van der Waals surface area contributed by atoms with Crippen LogP contribution in [-0.4, -0.2) is 34.1 Å². The van der Waals surface area contributed by atoms with Crippen LogP contribution in [-0.2, 0) is 0 Å². The van der Waals surface area contributed by atoms with Crippen molar-refractivity contribution in [3.63, 3.8) is 0 Å². The number of rotatable bonds is 1. The molecule has 2 heterocycles. The fourth-order valence-corrected chi connectivity index (χ4v) is 4.21. The lowest BCUT2D eigenvalue weighted by atomic mass is 9.75. The number of likely N-dealkylation sites (tertiary alicyclic amines) is 1. The molecule has 1 N–H and O–H groups in total. The van der Waals surface area contributed by atoms with Gasteiger partial charge >= 0.3 is 0 Å². The molecule has 1 aliphatic heterocycles. The number of aromatic nitrogens is 2. The smallest absolute Gasteiger partial charge is 0.274 e. The molecule has 2 atom stereocenters. The summed E-state index contributed by atoms with van der Waals surface area (Å²) in [6, 6.07) is 7.19. The standard InChI is InChI=1S/C18H21N3O2/c22-17-15-8-4-3-7-14(15)16(19-20-17)18(23)21-10-9-12-5-1-2-6-13(12)11-21/h3-4,7-8,12-13H,1-2,5-6,9-11H2,(H,20,22)/t12-,13-/m0/s1. The van der Waals surface area contributed by atoms with Crippen molar-refractivity contribution in [1.82, 2.24) is 15.1 Å². The molecule has 1 saturated heterocycles. The number of nitrogens with one attached hydrogen (secondary N) is 1. The Kier molecular flexibility index (Phi) is 3.63. The van der Waals surface area contributed by atoms with Gasteiger partial charge in [-0.2, -0.15) is 5.10 Å². The van der Waals surface area contributed by atoms with E-state index in [0.717, 1.165) is 25.4 Å². The Labute approximate surface area is 134 Å². The van der Waals surface area contributed by atoms with Gasteiger partial charge in [-0.05, 0) is 30.7 Å². The molecule has 0 radical (unpaired) electrons. The minimum atomic E-state index is -0.247. The molecule has 1 aromatic heterocycles. The Morgan fingerprint density at radius 1 is 1.09 bits per heavy atom. The minimum Gasteiger partial charge on any atom is -0.337 e. The molecule has 1 saturated carbocycles. The van der Waals surface area contributed by atoms with E-state index >= 15 is 0 Å². The Morgan fingerprint density at radius 3 is 2.65 bits per heavy atom. The number of benzene rings is 1. The first-order valence-electron chi connectivity index (χ1n) is 8.51. The van der Waals surface area contributed by atoms with E-state index in [9.17, 15) is 9.59 Å². The third-order valence-electron chi connectivity index (χ3n) is 5.48. The zero-order chi connectivity index (χ0) is 15.8. The summed E-state index contributed by atoms with van der Waals surface area (Å²) >= 11 is 0. The first-order valence-corrected chi connectivity index (χ1v) is 8.51. The fourth-order valence-electron chi connectivity index (χ4n) is 4.21. The van der Waals surface area contributed by atoms with Crippen LogP contribution in [0.2, 0.25) is 0 Å². The maximum absolute atomic E-state index is 12.9. The molecule has 1 aliphatic carbocycles. The van der Waals surface area contributed by atoms with E-state index < -0.39 is 0 Å². The number of carbonyl (C=O) groups excluding carboxylic acids is 1. The average Bonchev–Trinajstić information content (AvgIpc) is 2.61. The summed E-state index contributed by atoms with van der Waals surface area (Å²) in [5.41, 5.74) is 0.123. The number of nitrogens with zero attached hydrogens (tertiary/aromatic N) is 2. The van der Waals surface area contributed by atoms with Crippen LogP contribution in [0.3, 0.4) is 0 Å². The van der Waals surface area contributed by atoms with Gasteiger partial charge in [-0.3, -0.25) is 9.59 Å². The molecule has 0 spiro atoms. The molecule has 0 unspecified atom stereocenters. The van der Waals surface area contributed by atoms with Crippen LogP contribution in [0.15, 0.2) is 29.1 Å². The van der Waals surface area contributed by atoms with E-state index in [1.807, 2.05) is 11.0 Å². The summed E-state index contributed by atoms with van der Waals surface area (Å²) in [6.07, 6.45) is 6.25. The normalized spacial score (nSPS) is 24.4. The number of fused-ring (bicyclic) bond motifs is 2. The third-order valence-corrected chi connectivity index (χ3v) is 5.48. The number of amides is 1. The van der Waals surface area contributed by atoms with Gasteiger partial charge in [-0.15, -0.1) is 0 Å². The Bertz CT molecular complexity index is 798. The van der Waals surface area contributed by atoms with Crippen molar-refractivity contribution in [1.29, 1.82) is 0 Å². The van der Waals surface area contributed by atoms with E-state index in [1.165, 1.54) is 25.7 Å². The molecule has 5 nitrogen and oxygen atoms in total. The third kappa shape index (κ3) is 2.54. The lowest BCUT2D eigenvalue weighted by Crippen LogP contribution is -2.45. The van der Waals surface area contributed by atoms with Crippen molar-refractivity contribution < 1.29 is 4.79 Å². The highest BCUT2D eigenvalue weighted by atomic mass is 16.2. The zero-order valence-electron chi connectivity index (χ0n) is 13.1. The lowest BCUT2D eigenvalue weighted by molar-refractivity contribution is 0.0516. The van der Waals surface area contributed by atoms with Crippen LogP contribution >= 0.6 is 0 Å². The number of aromatic amines is 1. The summed E-state index contributed by atoms with van der Waals surface area (Å²) < 4.78 is 0. The second-order valence-electron chi connectivity index (χ2n) is 6.79. The van der Waals surface area contributed by atoms with Crippen LogP contribution in [0.4, 0.5) is 0 Å². The van der Waals surface area contributed by atoms with Gasteiger partial charge in [0.15, 0.2) is 5.69 Å². The zero-order valence-corrected chi connectivity index (χ0v) is 13.1. The van der Waals surface area contributed by atoms with Crippen LogP contribution in [0.1, 0.15) is 42.6 Å². The predicted molar refractivity (Wildman–Crippen MR) is 88.3 cm³/mol. The Morgan fingerprint density at radius 2 is 1.83 bits per heavy atom. The van der Waals surface area contributed by atoms with E-state index in [0.29, 0.717) is 22.4 Å². The molecule has 5 heteroatoms. The molecule has 1 aromatic carbocycles. The van der Waals surface area contributed by atoms with Gasteiger partial charge in [-0.25, -0.2) is 5.10 Å². The first-order chi connectivity index (χ1) is 11.2. The molecule has 2 aliphatic rings. The maximum Gasteiger partial charge on any atom is 0.274 e. The number of hydrogen-bond donors (Lipinski definition) is 1. The average molecular weight is 311 g/mol. The summed E-state index contributed by atoms with van der Waals surface area (Å²) in [6.45, 7) is 1.63. The maximum atomic E-state index is 12.9. The highest BCUT2D eigenvalue weighted by Gasteiger charge is 2.34. The predicted octanol–water partition coefficient (Wildman–Crippen LogP) is 2.58. The molecular weight excluding hydrogens is 290 g/mol. The van der Waals surface area contributed by atoms with Crippen LogP contribution in [0.5, 0.6) is 0 Å². The van der Waals surface area contributed by atoms with Crippen molar-refractivity contribution in [2.24, 2.45) is 11.8 Å². The summed E-state index contributed by atoms with van der Waals surface area (Å²) in [7, 11) is 0. The lowest BCUT2D eigenvalue weighted by Gasteiger charge is -2.41. The van der Waals surface area contributed by atoms with Gasteiger partial charge in [0.2, 0.25) is 0 Å². The summed E-state index contributed by atoms with van der Waals surface area (Å²) in [5, 5.41) is 7.69. The van der Waals surface area contributed by atoms with E-state index in [1.54, 1.807) is 18.2 Å². The molecular formula is C18H21N3O2. The van der Waals surface area contributed by atoms with Gasteiger partial charge in [0, 0.05) is 18.5 Å². The van der Waals surface area contributed by atoms with Crippen molar-refractivity contribution in [3.8, 4) is 0 Å². The first kappa shape index (κ1) is 14.4. The van der Waals surface area contributed by atoms with E-state index in [4.69, 9.17) is 0 Å². The Hall–Kier alpha value is -2.17. The number of piperidine rings is 1. The largest absolute Gasteiger partial charge is 0.337 e. The van der Waals surface area contributed by atoms with Crippen molar-refractivity contribution in [3.05, 3.63) is 40.3 Å². The van der Waals surface area contributed by atoms with Crippen LogP contribution in [0, 0.1) is 11.8 Å². The Balaban J connectivity index is 1.65. The highest BCUT2D eigenvalue weighted by Crippen LogP contribution is 2.36. The van der Waals surface area contributed by atoms with Gasteiger partial charge in [0.05, 0.1) is 5.39 Å². The van der Waals surface area contributed by atoms with Crippen molar-refractivity contribution >= 4 is 16.7 Å². The second kappa shape index (κ2) is 5.80. The second-order valence-corrected chi connectivity index (χ2v) is 6.79. The number of H-pyrrole nitrogens is 1. The SMILES string of the molecule is O=C(c1n[nH]c(=O)c2ccccc12)N1CC[C@@H]2CCCC[C@H]2C1. The van der Waals surface area contributed by atoms with E-state index in [2.05, 4.69) is 10.2 Å². The molecule has 0 bridgehead atoms. The fraction of sp³-hybridized carbons (Fsp3) is 0.500. The van der Waals surface area contributed by atoms with Crippen molar-refractivity contribution in [2.75, 3.05) is 13.1 Å². The molecule has 1 amide bonds. The highest BCUT2D eigenvalue weighted by molar-refractivity contribution is 6.04. The van der Waals surface area contributed by atoms with Gasteiger partial charge in [0.1, 0.15) is 0 Å². The van der Waals surface area contributed by atoms with Crippen LogP contribution < -0.4 is 5.56 Å². The summed E-state index contributed by atoms with van der Waals surface area (Å²) in [4.78, 5) is 26.7. The minimum absolute atomic E-state index is 0.0542. The number of carbonyl (C=O) groups is 1. The van der Waals surface area contributed by atoms with Crippen LogP contribution in [0.25, 0.3) is 10.8 Å². The monoisotopic (exact) mass is 311 g/mol. The summed E-state index contributed by atoms with van der Waals surface area (Å²) in [5.74, 6) is 1.37. The van der Waals surface area contributed by atoms with Gasteiger partial charge < -0.3 is 4.90 Å².